The summed E-state index contributed by atoms with van der Waals surface area (Å²) >= 11 is 0. The molecule has 0 radical (unpaired) electrons. The first-order valence-corrected chi connectivity index (χ1v) is 8.40. The molecule has 1 aromatic carbocycles. The summed E-state index contributed by atoms with van der Waals surface area (Å²) in [5, 5.41) is 4.47. The minimum Gasteiger partial charge on any atom is -0.484 e. The molecule has 1 aliphatic rings. The van der Waals surface area contributed by atoms with Gasteiger partial charge in [0.2, 0.25) is 0 Å². The third kappa shape index (κ3) is 3.75. The molecule has 0 saturated carbocycles. The van der Waals surface area contributed by atoms with E-state index in [2.05, 4.69) is 10.1 Å². The maximum Gasteiger partial charge on any atom is 0.260 e. The van der Waals surface area contributed by atoms with E-state index in [0.717, 1.165) is 42.3 Å². The summed E-state index contributed by atoms with van der Waals surface area (Å²) in [6, 6.07) is 7.95. The highest BCUT2D eigenvalue weighted by Gasteiger charge is 2.26. The Morgan fingerprint density at radius 3 is 2.88 bits per heavy atom. The number of carbonyl (C=O) groups is 1. The molecule has 24 heavy (non-hydrogen) atoms. The van der Waals surface area contributed by atoms with Crippen LogP contribution in [0.2, 0.25) is 0 Å². The van der Waals surface area contributed by atoms with Crippen molar-refractivity contribution in [3.05, 3.63) is 41.5 Å². The van der Waals surface area contributed by atoms with Gasteiger partial charge in [-0.1, -0.05) is 12.1 Å². The van der Waals surface area contributed by atoms with Gasteiger partial charge in [0.25, 0.3) is 5.91 Å². The SMILES string of the molecule is Cc1cccc(OCC(=O)N2CCCC(n3nc(C)nc3C)C2)c1. The van der Waals surface area contributed by atoms with Crippen LogP contribution in [0.5, 0.6) is 5.75 Å². The predicted molar refractivity (Wildman–Crippen MR) is 91.0 cm³/mol. The highest BCUT2D eigenvalue weighted by molar-refractivity contribution is 5.77. The molecule has 0 spiro atoms. The molecule has 1 atom stereocenters. The molecule has 1 amide bonds. The molecule has 1 aliphatic heterocycles. The van der Waals surface area contributed by atoms with Gasteiger partial charge in [0.05, 0.1) is 6.04 Å². The Bertz CT molecular complexity index is 726. The lowest BCUT2D eigenvalue weighted by Gasteiger charge is -2.33. The molecule has 2 heterocycles. The van der Waals surface area contributed by atoms with E-state index in [1.807, 2.05) is 54.6 Å². The Hall–Kier alpha value is -2.37. The molecule has 6 nitrogen and oxygen atoms in total. The van der Waals surface area contributed by atoms with E-state index in [9.17, 15) is 4.79 Å². The number of rotatable bonds is 4. The Morgan fingerprint density at radius 1 is 1.33 bits per heavy atom. The first kappa shape index (κ1) is 16.5. The van der Waals surface area contributed by atoms with Gasteiger partial charge < -0.3 is 9.64 Å². The molecule has 1 aromatic heterocycles. The van der Waals surface area contributed by atoms with E-state index >= 15 is 0 Å². The van der Waals surface area contributed by atoms with Crippen molar-refractivity contribution in [2.24, 2.45) is 0 Å². The van der Waals surface area contributed by atoms with E-state index in [1.54, 1.807) is 0 Å². The highest BCUT2D eigenvalue weighted by atomic mass is 16.5. The van der Waals surface area contributed by atoms with Gasteiger partial charge in [-0.3, -0.25) is 4.79 Å². The number of piperidine rings is 1. The van der Waals surface area contributed by atoms with Crippen LogP contribution in [0.25, 0.3) is 0 Å². The summed E-state index contributed by atoms with van der Waals surface area (Å²) in [4.78, 5) is 18.7. The molecule has 1 fully saturated rings. The molecule has 0 N–H and O–H groups in total. The van der Waals surface area contributed by atoms with Gasteiger partial charge in [-0.05, 0) is 51.3 Å². The number of hydrogen-bond donors (Lipinski definition) is 0. The highest BCUT2D eigenvalue weighted by Crippen LogP contribution is 2.22. The van der Waals surface area contributed by atoms with Gasteiger partial charge in [-0.2, -0.15) is 5.10 Å². The van der Waals surface area contributed by atoms with Crippen LogP contribution in [0, 0.1) is 20.8 Å². The summed E-state index contributed by atoms with van der Waals surface area (Å²) in [7, 11) is 0. The lowest BCUT2D eigenvalue weighted by Crippen LogP contribution is -2.43. The zero-order valence-corrected chi connectivity index (χ0v) is 14.5. The molecule has 6 heteroatoms. The molecule has 1 unspecified atom stereocenters. The van der Waals surface area contributed by atoms with E-state index in [1.165, 1.54) is 0 Å². The van der Waals surface area contributed by atoms with Gasteiger partial charge in [-0.25, -0.2) is 9.67 Å². The average molecular weight is 328 g/mol. The molecule has 0 aliphatic carbocycles. The molecule has 3 rings (SSSR count). The van der Waals surface area contributed by atoms with Gasteiger partial charge in [0.15, 0.2) is 6.61 Å². The van der Waals surface area contributed by atoms with Crippen LogP contribution < -0.4 is 4.74 Å². The van der Waals surface area contributed by atoms with Crippen molar-refractivity contribution in [3.63, 3.8) is 0 Å². The molecule has 1 saturated heterocycles. The molecule has 0 bridgehead atoms. The van der Waals surface area contributed by atoms with Crippen molar-refractivity contribution >= 4 is 5.91 Å². The van der Waals surface area contributed by atoms with Crippen LogP contribution in [0.4, 0.5) is 0 Å². The number of hydrogen-bond acceptors (Lipinski definition) is 4. The molecule has 2 aromatic rings. The lowest BCUT2D eigenvalue weighted by molar-refractivity contribution is -0.135. The Labute approximate surface area is 142 Å². The van der Waals surface area contributed by atoms with Gasteiger partial charge in [0.1, 0.15) is 17.4 Å². The summed E-state index contributed by atoms with van der Waals surface area (Å²) in [6.07, 6.45) is 1.99. The van der Waals surface area contributed by atoms with Crippen molar-refractivity contribution in [2.75, 3.05) is 19.7 Å². The second kappa shape index (κ2) is 7.03. The minimum atomic E-state index is 0.0238. The fourth-order valence-electron chi connectivity index (χ4n) is 3.20. The Morgan fingerprint density at radius 2 is 2.17 bits per heavy atom. The first-order valence-electron chi connectivity index (χ1n) is 8.40. The van der Waals surface area contributed by atoms with Crippen LogP contribution in [-0.2, 0) is 4.79 Å². The second-order valence-electron chi connectivity index (χ2n) is 6.39. The monoisotopic (exact) mass is 328 g/mol. The normalized spacial score (nSPS) is 17.8. The number of likely N-dealkylation sites (tertiary alicyclic amines) is 1. The molecular formula is C18H24N4O2. The van der Waals surface area contributed by atoms with Gasteiger partial charge in [-0.15, -0.1) is 0 Å². The van der Waals surface area contributed by atoms with Crippen molar-refractivity contribution < 1.29 is 9.53 Å². The number of benzene rings is 1. The lowest BCUT2D eigenvalue weighted by atomic mass is 10.1. The van der Waals surface area contributed by atoms with Crippen molar-refractivity contribution in [3.8, 4) is 5.75 Å². The number of aryl methyl sites for hydroxylation is 3. The van der Waals surface area contributed by atoms with Crippen LogP contribution in [0.3, 0.4) is 0 Å². The van der Waals surface area contributed by atoms with Crippen LogP contribution in [0.15, 0.2) is 24.3 Å². The van der Waals surface area contributed by atoms with Crippen molar-refractivity contribution in [2.45, 2.75) is 39.7 Å². The molecule has 128 valence electrons. The number of aromatic nitrogens is 3. The number of nitrogens with zero attached hydrogens (tertiary/aromatic N) is 4. The van der Waals surface area contributed by atoms with Crippen LogP contribution in [0.1, 0.15) is 36.1 Å². The Kier molecular flexibility index (Phi) is 4.83. The number of carbonyl (C=O) groups excluding carboxylic acids is 1. The number of ether oxygens (including phenoxy) is 1. The maximum absolute atomic E-state index is 12.5. The minimum absolute atomic E-state index is 0.0238. The van der Waals surface area contributed by atoms with Gasteiger partial charge >= 0.3 is 0 Å². The van der Waals surface area contributed by atoms with Crippen molar-refractivity contribution in [1.82, 2.24) is 19.7 Å². The fourth-order valence-corrected chi connectivity index (χ4v) is 3.20. The average Bonchev–Trinajstić information content (AvgIpc) is 2.91. The summed E-state index contributed by atoms with van der Waals surface area (Å²) < 4.78 is 7.60. The van der Waals surface area contributed by atoms with Crippen LogP contribution >= 0.6 is 0 Å². The zero-order chi connectivity index (χ0) is 17.1. The van der Waals surface area contributed by atoms with E-state index in [-0.39, 0.29) is 18.6 Å². The Balaban J connectivity index is 1.60. The summed E-state index contributed by atoms with van der Waals surface area (Å²) in [5.41, 5.74) is 1.12. The standard InChI is InChI=1S/C18H24N4O2/c1-13-6-4-8-17(10-13)24-12-18(23)21-9-5-7-16(11-21)22-15(3)19-14(2)20-22/h4,6,8,10,16H,5,7,9,11-12H2,1-3H3. The predicted octanol–water partition coefficient (Wildman–Crippen LogP) is 2.45. The topological polar surface area (TPSA) is 60.2 Å². The third-order valence-electron chi connectivity index (χ3n) is 4.35. The first-order chi connectivity index (χ1) is 11.5. The quantitative estimate of drug-likeness (QED) is 0.865. The smallest absolute Gasteiger partial charge is 0.260 e. The fraction of sp³-hybridized carbons (Fsp3) is 0.500. The van der Waals surface area contributed by atoms with E-state index in [0.29, 0.717) is 6.54 Å². The molecular weight excluding hydrogens is 304 g/mol. The summed E-state index contributed by atoms with van der Waals surface area (Å²) in [6.45, 7) is 7.38. The second-order valence-corrected chi connectivity index (χ2v) is 6.39. The largest absolute Gasteiger partial charge is 0.484 e. The maximum atomic E-state index is 12.5. The van der Waals surface area contributed by atoms with Crippen LogP contribution in [-0.4, -0.2) is 45.3 Å². The van der Waals surface area contributed by atoms with E-state index < -0.39 is 0 Å². The van der Waals surface area contributed by atoms with E-state index in [4.69, 9.17) is 4.74 Å². The van der Waals surface area contributed by atoms with Crippen molar-refractivity contribution in [1.29, 1.82) is 0 Å². The van der Waals surface area contributed by atoms with Gasteiger partial charge in [0, 0.05) is 13.1 Å². The zero-order valence-electron chi connectivity index (χ0n) is 14.5. The number of amides is 1. The summed E-state index contributed by atoms with van der Waals surface area (Å²) in [5.74, 6) is 2.44. The third-order valence-corrected chi connectivity index (χ3v) is 4.35.